The van der Waals surface area contributed by atoms with Gasteiger partial charge < -0.3 is 4.74 Å². The van der Waals surface area contributed by atoms with Crippen LogP contribution in [0, 0.1) is 0 Å². The fourth-order valence-corrected chi connectivity index (χ4v) is 3.55. The van der Waals surface area contributed by atoms with E-state index in [1.807, 2.05) is 91.9 Å². The summed E-state index contributed by atoms with van der Waals surface area (Å²) in [5.41, 5.74) is 4.58. The molecule has 5 nitrogen and oxygen atoms in total. The van der Waals surface area contributed by atoms with Crippen molar-refractivity contribution >= 4 is 11.7 Å². The Bertz CT molecular complexity index is 1150. The predicted molar refractivity (Wildman–Crippen MR) is 130 cm³/mol. The fourth-order valence-electron chi connectivity index (χ4n) is 3.55. The molecule has 164 valence electrons. The molecule has 1 aromatic heterocycles. The Morgan fingerprint density at radius 1 is 0.818 bits per heavy atom. The molecule has 0 fully saturated rings. The third-order valence-electron chi connectivity index (χ3n) is 5.15. The van der Waals surface area contributed by atoms with E-state index in [1.165, 1.54) is 0 Å². The largest absolute Gasteiger partial charge is 0.464 e. The molecule has 0 radical (unpaired) electrons. The Morgan fingerprint density at radius 2 is 1.39 bits per heavy atom. The SMILES string of the molecule is CCOC(=O)[C@@H](Cc1ccc(-c2ncccn2)cc1)N=C(c1ccccc1)c1ccccc1. The molecule has 4 rings (SSSR count). The molecule has 33 heavy (non-hydrogen) atoms. The summed E-state index contributed by atoms with van der Waals surface area (Å²) in [5.74, 6) is 0.330. The minimum atomic E-state index is -0.667. The third-order valence-corrected chi connectivity index (χ3v) is 5.15. The van der Waals surface area contributed by atoms with Crippen molar-refractivity contribution in [3.05, 3.63) is 120 Å². The van der Waals surface area contributed by atoms with Crippen LogP contribution >= 0.6 is 0 Å². The number of ether oxygens (including phenoxy) is 1. The molecule has 1 atom stereocenters. The zero-order valence-electron chi connectivity index (χ0n) is 18.5. The van der Waals surface area contributed by atoms with Gasteiger partial charge in [0.15, 0.2) is 11.9 Å². The molecule has 0 amide bonds. The fraction of sp³-hybridized carbons (Fsp3) is 0.143. The summed E-state index contributed by atoms with van der Waals surface area (Å²) in [4.78, 5) is 26.4. The lowest BCUT2D eigenvalue weighted by Crippen LogP contribution is -2.26. The number of carbonyl (C=O) groups excluding carboxylic acids is 1. The summed E-state index contributed by atoms with van der Waals surface area (Å²) in [6, 6.07) is 28.8. The second kappa shape index (κ2) is 11.0. The number of hydrogen-bond donors (Lipinski definition) is 0. The van der Waals surface area contributed by atoms with E-state index in [4.69, 9.17) is 9.73 Å². The number of carbonyl (C=O) groups is 1. The quantitative estimate of drug-likeness (QED) is 0.283. The Morgan fingerprint density at radius 3 is 1.94 bits per heavy atom. The van der Waals surface area contributed by atoms with Crippen LogP contribution in [0.1, 0.15) is 23.6 Å². The zero-order chi connectivity index (χ0) is 22.9. The lowest BCUT2D eigenvalue weighted by Gasteiger charge is -2.15. The number of nitrogens with zero attached hydrogens (tertiary/aromatic N) is 3. The normalized spacial score (nSPS) is 11.4. The van der Waals surface area contributed by atoms with Crippen LogP contribution in [0.2, 0.25) is 0 Å². The van der Waals surface area contributed by atoms with Crippen LogP contribution in [-0.4, -0.2) is 34.3 Å². The summed E-state index contributed by atoms with van der Waals surface area (Å²) >= 11 is 0. The second-order valence-electron chi connectivity index (χ2n) is 7.45. The highest BCUT2D eigenvalue weighted by Gasteiger charge is 2.21. The van der Waals surface area contributed by atoms with Crippen molar-refractivity contribution in [2.75, 3.05) is 6.61 Å². The van der Waals surface area contributed by atoms with Gasteiger partial charge in [0, 0.05) is 35.5 Å². The van der Waals surface area contributed by atoms with E-state index < -0.39 is 6.04 Å². The van der Waals surface area contributed by atoms with E-state index in [0.717, 1.165) is 28.0 Å². The molecule has 0 N–H and O–H groups in total. The van der Waals surface area contributed by atoms with Crippen LogP contribution in [0.3, 0.4) is 0 Å². The van der Waals surface area contributed by atoms with E-state index >= 15 is 0 Å². The minimum Gasteiger partial charge on any atom is -0.464 e. The van der Waals surface area contributed by atoms with Crippen LogP contribution in [0.25, 0.3) is 11.4 Å². The Kier molecular flexibility index (Phi) is 7.33. The van der Waals surface area contributed by atoms with Gasteiger partial charge in [-0.05, 0) is 18.6 Å². The highest BCUT2D eigenvalue weighted by molar-refractivity contribution is 6.13. The average Bonchev–Trinajstić information content (AvgIpc) is 2.88. The number of benzene rings is 3. The number of aliphatic imine (C=N–C) groups is 1. The van der Waals surface area contributed by atoms with Gasteiger partial charge in [-0.2, -0.15) is 0 Å². The number of hydrogen-bond acceptors (Lipinski definition) is 5. The first-order chi connectivity index (χ1) is 16.2. The molecule has 0 spiro atoms. The van der Waals surface area contributed by atoms with Crippen molar-refractivity contribution in [1.82, 2.24) is 9.97 Å². The van der Waals surface area contributed by atoms with Crippen molar-refractivity contribution in [2.45, 2.75) is 19.4 Å². The molecule has 4 aromatic rings. The van der Waals surface area contributed by atoms with Crippen molar-refractivity contribution < 1.29 is 9.53 Å². The number of rotatable bonds is 8. The summed E-state index contributed by atoms with van der Waals surface area (Å²) in [5, 5.41) is 0. The number of esters is 1. The van der Waals surface area contributed by atoms with E-state index in [-0.39, 0.29) is 5.97 Å². The molecule has 1 heterocycles. The van der Waals surface area contributed by atoms with Crippen LogP contribution in [0.4, 0.5) is 0 Å². The van der Waals surface area contributed by atoms with E-state index in [9.17, 15) is 4.79 Å². The van der Waals surface area contributed by atoms with Gasteiger partial charge in [0.2, 0.25) is 0 Å². The molecule has 5 heteroatoms. The third kappa shape index (κ3) is 5.77. The lowest BCUT2D eigenvalue weighted by molar-refractivity contribution is -0.144. The maximum absolute atomic E-state index is 12.9. The zero-order valence-corrected chi connectivity index (χ0v) is 18.5. The molecule has 0 bridgehead atoms. The van der Waals surface area contributed by atoms with Gasteiger partial charge in [-0.1, -0.05) is 84.9 Å². The van der Waals surface area contributed by atoms with Crippen molar-refractivity contribution in [1.29, 1.82) is 0 Å². The van der Waals surface area contributed by atoms with E-state index in [1.54, 1.807) is 18.5 Å². The van der Waals surface area contributed by atoms with Crippen LogP contribution in [-0.2, 0) is 16.0 Å². The highest BCUT2D eigenvalue weighted by Crippen LogP contribution is 2.18. The summed E-state index contributed by atoms with van der Waals surface area (Å²) in [7, 11) is 0. The van der Waals surface area contributed by atoms with Gasteiger partial charge in [0.1, 0.15) is 0 Å². The average molecular weight is 436 g/mol. The second-order valence-corrected chi connectivity index (χ2v) is 7.45. The van der Waals surface area contributed by atoms with Gasteiger partial charge in [0.05, 0.1) is 12.3 Å². The van der Waals surface area contributed by atoms with Crippen LogP contribution < -0.4 is 0 Å². The van der Waals surface area contributed by atoms with Gasteiger partial charge in [-0.25, -0.2) is 14.8 Å². The molecular weight excluding hydrogens is 410 g/mol. The van der Waals surface area contributed by atoms with E-state index in [2.05, 4.69) is 9.97 Å². The van der Waals surface area contributed by atoms with Gasteiger partial charge >= 0.3 is 5.97 Å². The molecule has 0 unspecified atom stereocenters. The first-order valence-electron chi connectivity index (χ1n) is 11.0. The molecule has 0 aliphatic rings. The Hall–Kier alpha value is -4.12. The first kappa shape index (κ1) is 22.1. The highest BCUT2D eigenvalue weighted by atomic mass is 16.5. The summed E-state index contributed by atoms with van der Waals surface area (Å²) in [6.45, 7) is 2.11. The molecule has 0 aliphatic heterocycles. The van der Waals surface area contributed by atoms with Crippen molar-refractivity contribution in [3.8, 4) is 11.4 Å². The number of aromatic nitrogens is 2. The topological polar surface area (TPSA) is 64.4 Å². The summed E-state index contributed by atoms with van der Waals surface area (Å²) in [6.07, 6.45) is 3.87. The van der Waals surface area contributed by atoms with Crippen LogP contribution in [0.5, 0.6) is 0 Å². The standard InChI is InChI=1S/C28H25N3O2/c1-2-33-28(32)25(20-21-14-16-24(17-15-21)27-29-18-9-19-30-27)31-26(22-10-5-3-6-11-22)23-12-7-4-8-13-23/h3-19,25H,2,20H2,1H3/t25-/m1/s1. The molecule has 3 aromatic carbocycles. The maximum Gasteiger partial charge on any atom is 0.331 e. The molecule has 0 aliphatic carbocycles. The first-order valence-corrected chi connectivity index (χ1v) is 11.0. The van der Waals surface area contributed by atoms with Crippen molar-refractivity contribution in [2.24, 2.45) is 4.99 Å². The predicted octanol–water partition coefficient (Wildman–Crippen LogP) is 5.16. The smallest absolute Gasteiger partial charge is 0.331 e. The molecule has 0 saturated heterocycles. The molecule has 0 saturated carbocycles. The van der Waals surface area contributed by atoms with Gasteiger partial charge in [-0.15, -0.1) is 0 Å². The summed E-state index contributed by atoms with van der Waals surface area (Å²) < 4.78 is 5.38. The molecular formula is C28H25N3O2. The van der Waals surface area contributed by atoms with Crippen LogP contribution in [0.15, 0.2) is 108 Å². The maximum atomic E-state index is 12.9. The Balaban J connectivity index is 1.67. The van der Waals surface area contributed by atoms with Crippen molar-refractivity contribution in [3.63, 3.8) is 0 Å². The monoisotopic (exact) mass is 435 g/mol. The lowest BCUT2D eigenvalue weighted by atomic mass is 10.00. The Labute approximate surface area is 193 Å². The van der Waals surface area contributed by atoms with Gasteiger partial charge in [0.25, 0.3) is 0 Å². The minimum absolute atomic E-state index is 0.307. The van der Waals surface area contributed by atoms with Gasteiger partial charge in [-0.3, -0.25) is 4.99 Å². The van der Waals surface area contributed by atoms with E-state index in [0.29, 0.717) is 18.9 Å².